The number of hydrogen-bond donors (Lipinski definition) is 1. The van der Waals surface area contributed by atoms with Gasteiger partial charge in [0, 0.05) is 30.6 Å². The lowest BCUT2D eigenvalue weighted by atomic mass is 10.0. The van der Waals surface area contributed by atoms with Gasteiger partial charge in [-0.25, -0.2) is 9.59 Å². The predicted octanol–water partition coefficient (Wildman–Crippen LogP) is 4.26. The van der Waals surface area contributed by atoms with Crippen molar-refractivity contribution >= 4 is 23.7 Å². The lowest BCUT2D eigenvalue weighted by molar-refractivity contribution is -0.129. The molecule has 6 rings (SSSR count). The molecule has 2 heterocycles. The van der Waals surface area contributed by atoms with E-state index in [1.54, 1.807) is 21.9 Å². The van der Waals surface area contributed by atoms with E-state index in [1.165, 1.54) is 4.90 Å². The lowest BCUT2D eigenvalue weighted by Gasteiger charge is -2.35. The highest BCUT2D eigenvalue weighted by Gasteiger charge is 2.56. The second-order valence-corrected chi connectivity index (χ2v) is 9.63. The minimum atomic E-state index is -0.668. The van der Waals surface area contributed by atoms with Crippen LogP contribution in [-0.4, -0.2) is 64.4 Å². The molecule has 0 bridgehead atoms. The first-order chi connectivity index (χ1) is 18.0. The number of fused-ring (bicyclic) bond motifs is 1. The molecule has 1 N–H and O–H groups in total. The Labute approximate surface area is 214 Å². The van der Waals surface area contributed by atoms with Crippen molar-refractivity contribution in [2.24, 2.45) is 0 Å². The molecule has 3 fully saturated rings. The molecule has 0 radical (unpaired) electrons. The Morgan fingerprint density at radius 3 is 2.41 bits per heavy atom. The number of nitrogens with one attached hydrogen (secondary N) is 1. The topological polar surface area (TPSA) is 96.8 Å². The van der Waals surface area contributed by atoms with Crippen molar-refractivity contribution in [1.82, 2.24) is 14.7 Å². The van der Waals surface area contributed by atoms with Crippen LogP contribution >= 0.6 is 0 Å². The Hall–Kier alpha value is -4.64. The van der Waals surface area contributed by atoms with Gasteiger partial charge in [-0.1, -0.05) is 60.7 Å². The fourth-order valence-electron chi connectivity index (χ4n) is 5.39. The van der Waals surface area contributed by atoms with Gasteiger partial charge < -0.3 is 15.1 Å². The van der Waals surface area contributed by atoms with E-state index < -0.39 is 6.04 Å². The van der Waals surface area contributed by atoms with E-state index in [4.69, 9.17) is 5.26 Å². The molecule has 5 amide bonds. The van der Waals surface area contributed by atoms with Crippen molar-refractivity contribution in [1.29, 1.82) is 5.26 Å². The minimum Gasteiger partial charge on any atom is -0.320 e. The zero-order valence-corrected chi connectivity index (χ0v) is 20.1. The van der Waals surface area contributed by atoms with Crippen LogP contribution in [0.15, 0.2) is 78.9 Å². The van der Waals surface area contributed by atoms with Crippen molar-refractivity contribution in [3.05, 3.63) is 90.0 Å². The maximum Gasteiger partial charge on any atom is 0.327 e. The number of nitrogens with zero attached hydrogens (tertiary/aromatic N) is 4. The second-order valence-electron chi connectivity index (χ2n) is 9.63. The fraction of sp³-hybridized carbons (Fsp3) is 0.241. The predicted molar refractivity (Wildman–Crippen MR) is 138 cm³/mol. The number of piperazine rings is 1. The molecule has 184 valence electrons. The van der Waals surface area contributed by atoms with E-state index in [1.807, 2.05) is 66.7 Å². The van der Waals surface area contributed by atoms with Crippen LogP contribution in [0.4, 0.5) is 15.3 Å². The Bertz CT molecular complexity index is 1420. The van der Waals surface area contributed by atoms with Crippen LogP contribution in [0.1, 0.15) is 23.5 Å². The number of urea groups is 2. The summed E-state index contributed by atoms with van der Waals surface area (Å²) >= 11 is 0. The van der Waals surface area contributed by atoms with Gasteiger partial charge in [0.15, 0.2) is 0 Å². The first kappa shape index (κ1) is 22.8. The molecule has 3 aromatic carbocycles. The standard InChI is InChI=1S/C29H25N5O3/c30-17-19-10-12-21(13-11-19)23-16-25(23)34-27(35)26-18-32(14-15-33(26)29(34)37)28(36)31-24-9-5-4-8-22(24)20-6-2-1-3-7-20/h1-13,23,25-26H,14-16,18H2,(H,31,36)/t23?,25?,26-/m0/s1. The van der Waals surface area contributed by atoms with Crippen LogP contribution in [0.2, 0.25) is 0 Å². The molecule has 1 aliphatic carbocycles. The van der Waals surface area contributed by atoms with Gasteiger partial charge >= 0.3 is 12.1 Å². The smallest absolute Gasteiger partial charge is 0.320 e. The molecule has 37 heavy (non-hydrogen) atoms. The van der Waals surface area contributed by atoms with Crippen LogP contribution in [-0.2, 0) is 4.79 Å². The largest absolute Gasteiger partial charge is 0.327 e. The van der Waals surface area contributed by atoms with Crippen molar-refractivity contribution in [2.75, 3.05) is 25.0 Å². The molecule has 1 saturated carbocycles. The number of benzene rings is 3. The highest BCUT2D eigenvalue weighted by Crippen LogP contribution is 2.47. The van der Waals surface area contributed by atoms with Crippen molar-refractivity contribution < 1.29 is 14.4 Å². The van der Waals surface area contributed by atoms with Gasteiger partial charge in [-0.3, -0.25) is 9.69 Å². The minimum absolute atomic E-state index is 0.0795. The summed E-state index contributed by atoms with van der Waals surface area (Å²) in [4.78, 5) is 44.3. The summed E-state index contributed by atoms with van der Waals surface area (Å²) in [7, 11) is 0. The molecular weight excluding hydrogens is 466 g/mol. The quantitative estimate of drug-likeness (QED) is 0.552. The molecule has 3 aromatic rings. The fourth-order valence-corrected chi connectivity index (χ4v) is 5.39. The zero-order valence-electron chi connectivity index (χ0n) is 20.1. The van der Waals surface area contributed by atoms with E-state index in [0.717, 1.165) is 16.7 Å². The summed E-state index contributed by atoms with van der Waals surface area (Å²) in [5, 5.41) is 12.0. The highest BCUT2D eigenvalue weighted by molar-refractivity contribution is 6.06. The van der Waals surface area contributed by atoms with Crippen LogP contribution in [0.5, 0.6) is 0 Å². The average molecular weight is 492 g/mol. The molecule has 2 aliphatic heterocycles. The molecule has 8 nitrogen and oxygen atoms in total. The SMILES string of the molecule is N#Cc1ccc(C2CC2N2C(=O)[C@@H]3CN(C(=O)Nc4ccccc4-c4ccccc4)CCN3C2=O)cc1. The molecule has 2 saturated heterocycles. The number of imide groups is 1. The Morgan fingerprint density at radius 2 is 1.65 bits per heavy atom. The lowest BCUT2D eigenvalue weighted by Crippen LogP contribution is -2.55. The van der Waals surface area contributed by atoms with Gasteiger partial charge in [0.1, 0.15) is 6.04 Å². The zero-order chi connectivity index (χ0) is 25.5. The number of hydrogen-bond acceptors (Lipinski definition) is 4. The Balaban J connectivity index is 1.14. The van der Waals surface area contributed by atoms with E-state index in [-0.39, 0.29) is 36.5 Å². The summed E-state index contributed by atoms with van der Waals surface area (Å²) in [6, 6.07) is 25.4. The molecule has 3 atom stereocenters. The van der Waals surface area contributed by atoms with Crippen LogP contribution in [0.25, 0.3) is 11.1 Å². The Kier molecular flexibility index (Phi) is 5.61. The van der Waals surface area contributed by atoms with Crippen LogP contribution < -0.4 is 5.32 Å². The summed E-state index contributed by atoms with van der Waals surface area (Å²) in [5.74, 6) is -0.163. The summed E-state index contributed by atoms with van der Waals surface area (Å²) in [5.41, 5.74) is 4.20. The molecule has 3 aliphatic rings. The number of carbonyl (C=O) groups excluding carboxylic acids is 3. The summed E-state index contributed by atoms with van der Waals surface area (Å²) in [6.45, 7) is 0.828. The number of carbonyl (C=O) groups is 3. The maximum absolute atomic E-state index is 13.3. The monoisotopic (exact) mass is 491 g/mol. The Morgan fingerprint density at radius 1 is 0.919 bits per heavy atom. The number of amides is 5. The first-order valence-electron chi connectivity index (χ1n) is 12.4. The third kappa shape index (κ3) is 4.08. The van der Waals surface area contributed by atoms with Gasteiger partial charge in [-0.15, -0.1) is 0 Å². The second kappa shape index (κ2) is 9.10. The average Bonchev–Trinajstić information content (AvgIpc) is 3.69. The van der Waals surface area contributed by atoms with Gasteiger partial charge in [-0.05, 0) is 35.7 Å². The molecule has 0 aromatic heterocycles. The third-order valence-electron chi connectivity index (χ3n) is 7.45. The van der Waals surface area contributed by atoms with Gasteiger partial charge in [0.05, 0.1) is 23.9 Å². The maximum atomic E-state index is 13.3. The highest BCUT2D eigenvalue weighted by atomic mass is 16.2. The number of para-hydroxylation sites is 1. The van der Waals surface area contributed by atoms with Gasteiger partial charge in [-0.2, -0.15) is 5.26 Å². The summed E-state index contributed by atoms with van der Waals surface area (Å²) in [6.07, 6.45) is 0.713. The third-order valence-corrected chi connectivity index (χ3v) is 7.45. The van der Waals surface area contributed by atoms with Crippen molar-refractivity contribution in [3.63, 3.8) is 0 Å². The van der Waals surface area contributed by atoms with Crippen molar-refractivity contribution in [2.45, 2.75) is 24.4 Å². The van der Waals surface area contributed by atoms with E-state index in [2.05, 4.69) is 11.4 Å². The van der Waals surface area contributed by atoms with Crippen molar-refractivity contribution in [3.8, 4) is 17.2 Å². The summed E-state index contributed by atoms with van der Waals surface area (Å²) < 4.78 is 0. The van der Waals surface area contributed by atoms with E-state index in [0.29, 0.717) is 30.8 Å². The van der Waals surface area contributed by atoms with E-state index in [9.17, 15) is 14.4 Å². The van der Waals surface area contributed by atoms with Crippen LogP contribution in [0.3, 0.4) is 0 Å². The molecule has 0 spiro atoms. The number of rotatable bonds is 4. The van der Waals surface area contributed by atoms with Gasteiger partial charge in [0.25, 0.3) is 5.91 Å². The van der Waals surface area contributed by atoms with E-state index >= 15 is 0 Å². The molecule has 8 heteroatoms. The van der Waals surface area contributed by atoms with Gasteiger partial charge in [0.2, 0.25) is 0 Å². The molecule has 2 unspecified atom stereocenters. The first-order valence-corrected chi connectivity index (χ1v) is 12.4. The van der Waals surface area contributed by atoms with Crippen LogP contribution in [0, 0.1) is 11.3 Å². The number of nitriles is 1. The normalized spacial score (nSPS) is 22.5. The number of anilines is 1. The molecular formula is C29H25N5O3.